The minimum atomic E-state index is -0.279. The maximum absolute atomic E-state index is 6.21. The maximum Gasteiger partial charge on any atom is 0.140 e. The van der Waals surface area contributed by atoms with E-state index in [0.717, 1.165) is 16.5 Å². The van der Waals surface area contributed by atoms with Gasteiger partial charge in [-0.2, -0.15) is 0 Å². The summed E-state index contributed by atoms with van der Waals surface area (Å²) in [6.45, 7) is 2.03. The summed E-state index contributed by atoms with van der Waals surface area (Å²) in [5, 5.41) is 1.24. The minimum Gasteiger partial charge on any atom is -0.482 e. The molecule has 0 saturated carbocycles. The van der Waals surface area contributed by atoms with Crippen molar-refractivity contribution in [3.63, 3.8) is 0 Å². The van der Waals surface area contributed by atoms with E-state index in [9.17, 15) is 0 Å². The van der Waals surface area contributed by atoms with Gasteiger partial charge in [0.2, 0.25) is 0 Å². The van der Waals surface area contributed by atoms with Crippen molar-refractivity contribution in [2.45, 2.75) is 25.5 Å². The third-order valence-corrected chi connectivity index (χ3v) is 4.26. The number of rotatable bonds is 5. The van der Waals surface area contributed by atoms with E-state index in [1.807, 2.05) is 43.3 Å². The number of nitrogens with two attached hydrogens (primary N) is 1. The summed E-state index contributed by atoms with van der Waals surface area (Å²) < 4.78 is 6.98. The number of benzene rings is 2. The van der Waals surface area contributed by atoms with Gasteiger partial charge in [-0.25, -0.2) is 0 Å². The van der Waals surface area contributed by atoms with Crippen LogP contribution in [0.4, 0.5) is 0 Å². The standard InChI is InChI=1S/C16H16BrCl2NO/c1-2-14(20)16(10-3-6-12(18)7-4-10)21-15-9-11(17)5-8-13(15)19/h3-9,14,16H,2,20H2,1H3. The van der Waals surface area contributed by atoms with Gasteiger partial charge in [-0.15, -0.1) is 0 Å². The lowest BCUT2D eigenvalue weighted by Gasteiger charge is -2.25. The molecule has 2 aromatic carbocycles. The summed E-state index contributed by atoms with van der Waals surface area (Å²) in [5.74, 6) is 0.606. The molecule has 2 nitrogen and oxygen atoms in total. The minimum absolute atomic E-state index is 0.138. The van der Waals surface area contributed by atoms with E-state index in [0.29, 0.717) is 15.8 Å². The van der Waals surface area contributed by atoms with E-state index in [1.54, 1.807) is 6.07 Å². The molecular formula is C16H16BrCl2NO. The van der Waals surface area contributed by atoms with Crippen LogP contribution >= 0.6 is 39.1 Å². The van der Waals surface area contributed by atoms with Gasteiger partial charge in [0.05, 0.1) is 5.02 Å². The monoisotopic (exact) mass is 387 g/mol. The van der Waals surface area contributed by atoms with Crippen molar-refractivity contribution in [1.82, 2.24) is 0 Å². The Balaban J connectivity index is 2.32. The SMILES string of the molecule is CCC(N)C(Oc1cc(Br)ccc1Cl)c1ccc(Cl)cc1. The quantitative estimate of drug-likeness (QED) is 0.721. The molecule has 0 fully saturated rings. The molecule has 0 aliphatic carbocycles. The Hall–Kier alpha value is -0.740. The molecule has 2 N–H and O–H groups in total. The van der Waals surface area contributed by atoms with Crippen molar-refractivity contribution in [3.05, 3.63) is 62.5 Å². The number of ether oxygens (including phenoxy) is 1. The molecule has 0 aliphatic heterocycles. The first-order valence-corrected chi connectivity index (χ1v) is 8.19. The van der Waals surface area contributed by atoms with Gasteiger partial charge in [0.1, 0.15) is 11.9 Å². The van der Waals surface area contributed by atoms with Crippen molar-refractivity contribution < 1.29 is 4.74 Å². The van der Waals surface area contributed by atoms with Crippen LogP contribution in [0.5, 0.6) is 5.75 Å². The highest BCUT2D eigenvalue weighted by molar-refractivity contribution is 9.10. The Labute approximate surface area is 143 Å². The molecule has 0 radical (unpaired) electrons. The second-order valence-electron chi connectivity index (χ2n) is 4.74. The average molecular weight is 389 g/mol. The Morgan fingerprint density at radius 1 is 1.14 bits per heavy atom. The van der Waals surface area contributed by atoms with E-state index >= 15 is 0 Å². The molecule has 2 rings (SSSR count). The van der Waals surface area contributed by atoms with Gasteiger partial charge in [-0.05, 0) is 42.3 Å². The van der Waals surface area contributed by atoms with Crippen molar-refractivity contribution >= 4 is 39.1 Å². The Bertz CT molecular complexity index is 604. The first-order valence-electron chi connectivity index (χ1n) is 6.64. The Kier molecular flexibility index (Phi) is 5.94. The fourth-order valence-corrected chi connectivity index (χ4v) is 2.60. The normalized spacial score (nSPS) is 13.8. The number of hydrogen-bond acceptors (Lipinski definition) is 2. The smallest absolute Gasteiger partial charge is 0.140 e. The molecule has 0 bridgehead atoms. The van der Waals surface area contributed by atoms with Crippen LogP contribution in [0.3, 0.4) is 0 Å². The average Bonchev–Trinajstić information content (AvgIpc) is 2.48. The number of hydrogen-bond donors (Lipinski definition) is 1. The van der Waals surface area contributed by atoms with E-state index in [2.05, 4.69) is 15.9 Å². The molecule has 21 heavy (non-hydrogen) atoms. The van der Waals surface area contributed by atoms with E-state index in [1.165, 1.54) is 0 Å². The molecule has 0 aromatic heterocycles. The zero-order valence-corrected chi connectivity index (χ0v) is 14.6. The fourth-order valence-electron chi connectivity index (χ4n) is 1.97. The largest absolute Gasteiger partial charge is 0.482 e. The Morgan fingerprint density at radius 2 is 1.81 bits per heavy atom. The third kappa shape index (κ3) is 4.36. The van der Waals surface area contributed by atoms with Gasteiger partial charge >= 0.3 is 0 Å². The van der Waals surface area contributed by atoms with E-state index < -0.39 is 0 Å². The van der Waals surface area contributed by atoms with Gasteiger partial charge < -0.3 is 10.5 Å². The van der Waals surface area contributed by atoms with Crippen molar-refractivity contribution in [3.8, 4) is 5.75 Å². The molecule has 5 heteroatoms. The lowest BCUT2D eigenvalue weighted by molar-refractivity contribution is 0.171. The summed E-state index contributed by atoms with van der Waals surface area (Å²) in [5.41, 5.74) is 7.19. The zero-order chi connectivity index (χ0) is 15.4. The fraction of sp³-hybridized carbons (Fsp3) is 0.250. The Morgan fingerprint density at radius 3 is 2.43 bits per heavy atom. The van der Waals surface area contributed by atoms with Gasteiger partial charge in [0.15, 0.2) is 0 Å². The molecule has 0 amide bonds. The molecular weight excluding hydrogens is 373 g/mol. The van der Waals surface area contributed by atoms with Gasteiger partial charge in [-0.3, -0.25) is 0 Å². The second kappa shape index (κ2) is 7.50. The van der Waals surface area contributed by atoms with Crippen LogP contribution < -0.4 is 10.5 Å². The predicted octanol–water partition coefficient (Wildman–Crippen LogP) is 5.61. The van der Waals surface area contributed by atoms with Gasteiger partial charge in [-0.1, -0.05) is 58.2 Å². The van der Waals surface area contributed by atoms with Crippen LogP contribution in [0, 0.1) is 0 Å². The van der Waals surface area contributed by atoms with Crippen LogP contribution in [0.25, 0.3) is 0 Å². The third-order valence-electron chi connectivity index (χ3n) is 3.21. The van der Waals surface area contributed by atoms with Crippen LogP contribution in [0.1, 0.15) is 25.0 Å². The predicted molar refractivity (Wildman–Crippen MR) is 92.2 cm³/mol. The molecule has 0 spiro atoms. The topological polar surface area (TPSA) is 35.2 Å². The molecule has 112 valence electrons. The highest BCUT2D eigenvalue weighted by atomic mass is 79.9. The second-order valence-corrected chi connectivity index (χ2v) is 6.50. The molecule has 2 aromatic rings. The summed E-state index contributed by atoms with van der Waals surface area (Å²) in [4.78, 5) is 0. The lowest BCUT2D eigenvalue weighted by atomic mass is 10.0. The molecule has 2 unspecified atom stereocenters. The van der Waals surface area contributed by atoms with Crippen molar-refractivity contribution in [2.24, 2.45) is 5.73 Å². The van der Waals surface area contributed by atoms with E-state index in [4.69, 9.17) is 33.7 Å². The van der Waals surface area contributed by atoms with Crippen molar-refractivity contribution in [1.29, 1.82) is 0 Å². The first kappa shape index (κ1) is 16.6. The first-order chi connectivity index (χ1) is 10.0. The van der Waals surface area contributed by atoms with Gasteiger partial charge in [0, 0.05) is 15.5 Å². The highest BCUT2D eigenvalue weighted by Gasteiger charge is 2.21. The highest BCUT2D eigenvalue weighted by Crippen LogP contribution is 2.33. The van der Waals surface area contributed by atoms with Crippen LogP contribution in [0.2, 0.25) is 10.0 Å². The van der Waals surface area contributed by atoms with E-state index in [-0.39, 0.29) is 12.1 Å². The van der Waals surface area contributed by atoms with Crippen LogP contribution in [-0.2, 0) is 0 Å². The van der Waals surface area contributed by atoms with Gasteiger partial charge in [0.25, 0.3) is 0 Å². The zero-order valence-electron chi connectivity index (χ0n) is 11.5. The van der Waals surface area contributed by atoms with Crippen LogP contribution in [-0.4, -0.2) is 6.04 Å². The molecule has 0 saturated heterocycles. The summed E-state index contributed by atoms with van der Waals surface area (Å²) in [6, 6.07) is 12.9. The summed E-state index contributed by atoms with van der Waals surface area (Å²) in [7, 11) is 0. The maximum atomic E-state index is 6.21. The molecule has 0 heterocycles. The van der Waals surface area contributed by atoms with Crippen LogP contribution in [0.15, 0.2) is 46.9 Å². The lowest BCUT2D eigenvalue weighted by Crippen LogP contribution is -2.31. The summed E-state index contributed by atoms with van der Waals surface area (Å²) in [6.07, 6.45) is 0.512. The number of halogens is 3. The van der Waals surface area contributed by atoms with Crippen molar-refractivity contribution in [2.75, 3.05) is 0 Å². The molecule has 0 aliphatic rings. The summed E-state index contributed by atoms with van der Waals surface area (Å²) >= 11 is 15.5. The molecule has 2 atom stereocenters.